The Bertz CT molecular complexity index is 1280. The van der Waals surface area contributed by atoms with Gasteiger partial charge in [0.1, 0.15) is 0 Å². The molecule has 0 spiro atoms. The number of sulfonamides is 1. The molecule has 1 aliphatic rings. The predicted molar refractivity (Wildman–Crippen MR) is 128 cm³/mol. The van der Waals surface area contributed by atoms with Crippen LogP contribution in [-0.4, -0.2) is 66.0 Å². The number of aromatic nitrogens is 1. The molecule has 180 valence electrons. The van der Waals surface area contributed by atoms with Gasteiger partial charge in [-0.25, -0.2) is 18.0 Å². The lowest BCUT2D eigenvalue weighted by Gasteiger charge is -2.21. The van der Waals surface area contributed by atoms with Gasteiger partial charge in [0.25, 0.3) is 0 Å². The summed E-state index contributed by atoms with van der Waals surface area (Å²) < 4.78 is 27.6. The number of aryl methyl sites for hydroxylation is 1. The first kappa shape index (κ1) is 25.3. The van der Waals surface area contributed by atoms with Crippen molar-refractivity contribution in [1.82, 2.24) is 14.6 Å². The van der Waals surface area contributed by atoms with Gasteiger partial charge in [-0.3, -0.25) is 4.98 Å². The van der Waals surface area contributed by atoms with Crippen molar-refractivity contribution in [3.63, 3.8) is 0 Å². The van der Waals surface area contributed by atoms with E-state index >= 15 is 0 Å². The number of aromatic carboxylic acids is 2. The molecule has 9 nitrogen and oxygen atoms in total. The van der Waals surface area contributed by atoms with Gasteiger partial charge in [0.05, 0.1) is 16.0 Å². The Morgan fingerprint density at radius 3 is 2.24 bits per heavy atom. The van der Waals surface area contributed by atoms with Gasteiger partial charge in [-0.1, -0.05) is 18.2 Å². The fourth-order valence-corrected chi connectivity index (χ4v) is 5.65. The Kier molecular flexibility index (Phi) is 7.98. The molecule has 0 radical (unpaired) electrons. The minimum absolute atomic E-state index is 0.0277. The zero-order chi connectivity index (χ0) is 24.9. The van der Waals surface area contributed by atoms with Crippen LogP contribution in [0, 0.1) is 13.8 Å². The van der Waals surface area contributed by atoms with Gasteiger partial charge in [-0.2, -0.15) is 4.31 Å². The standard InChI is InChI=1S/C15H19N3O2S.C9H8O4/c1-12-10-17-11-13-4-2-5-14(15(12)13)21(19,20)18-8-3-6-16-7-9-18;1-5-6(8(10)11)3-2-4-7(5)9(12)13/h2,4-5,10-11,16H,3,6-9H2,1H3;2-4H,1H3,(H,10,11)(H,12,13). The second-order valence-electron chi connectivity index (χ2n) is 7.91. The van der Waals surface area contributed by atoms with E-state index in [1.165, 1.54) is 25.1 Å². The second-order valence-corrected chi connectivity index (χ2v) is 9.81. The van der Waals surface area contributed by atoms with Gasteiger partial charge in [-0.15, -0.1) is 0 Å². The molecular weight excluding hydrogens is 458 g/mol. The van der Waals surface area contributed by atoms with Crippen LogP contribution in [0.15, 0.2) is 53.7 Å². The third-order valence-corrected chi connectivity index (χ3v) is 7.59. The fraction of sp³-hybridized carbons (Fsp3) is 0.292. The van der Waals surface area contributed by atoms with Crippen molar-refractivity contribution in [2.45, 2.75) is 25.2 Å². The van der Waals surface area contributed by atoms with Gasteiger partial charge in [-0.05, 0) is 56.1 Å². The smallest absolute Gasteiger partial charge is 0.335 e. The Labute approximate surface area is 198 Å². The molecule has 2 heterocycles. The number of carboxylic acids is 2. The summed E-state index contributed by atoms with van der Waals surface area (Å²) in [6.45, 7) is 6.03. The third-order valence-electron chi connectivity index (χ3n) is 5.65. The van der Waals surface area contributed by atoms with Crippen molar-refractivity contribution < 1.29 is 28.2 Å². The molecular formula is C24H27N3O6S. The van der Waals surface area contributed by atoms with Crippen LogP contribution in [0.3, 0.4) is 0 Å². The van der Waals surface area contributed by atoms with Gasteiger partial charge in [0, 0.05) is 42.8 Å². The summed E-state index contributed by atoms with van der Waals surface area (Å²) >= 11 is 0. The molecule has 4 rings (SSSR count). The Balaban J connectivity index is 0.000000215. The molecule has 34 heavy (non-hydrogen) atoms. The Morgan fingerprint density at radius 2 is 1.59 bits per heavy atom. The maximum absolute atomic E-state index is 13.0. The van der Waals surface area contributed by atoms with Crippen molar-refractivity contribution in [2.24, 2.45) is 0 Å². The number of carboxylic acid groups (broad SMARTS) is 2. The van der Waals surface area contributed by atoms with Gasteiger partial charge in [0.2, 0.25) is 10.0 Å². The highest BCUT2D eigenvalue weighted by atomic mass is 32.2. The first-order valence-electron chi connectivity index (χ1n) is 10.7. The lowest BCUT2D eigenvalue weighted by atomic mass is 10.0. The second kappa shape index (κ2) is 10.7. The van der Waals surface area contributed by atoms with Crippen molar-refractivity contribution in [2.75, 3.05) is 26.2 Å². The van der Waals surface area contributed by atoms with E-state index in [0.717, 1.165) is 29.3 Å². The summed E-state index contributed by atoms with van der Waals surface area (Å²) in [4.78, 5) is 25.7. The van der Waals surface area contributed by atoms with E-state index in [0.29, 0.717) is 24.5 Å². The number of nitrogens with zero attached hydrogens (tertiary/aromatic N) is 2. The molecule has 0 aliphatic carbocycles. The molecule has 0 unspecified atom stereocenters. The number of benzene rings is 2. The van der Waals surface area contributed by atoms with Crippen molar-refractivity contribution >= 4 is 32.7 Å². The lowest BCUT2D eigenvalue weighted by Crippen LogP contribution is -2.34. The molecule has 1 aliphatic heterocycles. The summed E-state index contributed by atoms with van der Waals surface area (Å²) in [6.07, 6.45) is 4.27. The van der Waals surface area contributed by atoms with Gasteiger partial charge < -0.3 is 15.5 Å². The summed E-state index contributed by atoms with van der Waals surface area (Å²) in [6, 6.07) is 9.56. The van der Waals surface area contributed by atoms with Crippen LogP contribution in [0.1, 0.15) is 38.3 Å². The number of pyridine rings is 1. The first-order valence-corrected chi connectivity index (χ1v) is 12.2. The minimum Gasteiger partial charge on any atom is -0.478 e. The molecule has 3 N–H and O–H groups in total. The van der Waals surface area contributed by atoms with Crippen molar-refractivity contribution in [1.29, 1.82) is 0 Å². The predicted octanol–water partition coefficient (Wildman–Crippen LogP) is 2.92. The molecule has 3 aromatic rings. The largest absolute Gasteiger partial charge is 0.478 e. The molecule has 1 fully saturated rings. The van der Waals surface area contributed by atoms with Crippen LogP contribution in [0.2, 0.25) is 0 Å². The molecule has 10 heteroatoms. The lowest BCUT2D eigenvalue weighted by molar-refractivity contribution is 0.0696. The Morgan fingerprint density at radius 1 is 0.941 bits per heavy atom. The van der Waals surface area contributed by atoms with E-state index < -0.39 is 22.0 Å². The van der Waals surface area contributed by atoms with E-state index in [9.17, 15) is 18.0 Å². The maximum Gasteiger partial charge on any atom is 0.335 e. The van der Waals surface area contributed by atoms with E-state index in [-0.39, 0.29) is 16.7 Å². The molecule has 0 amide bonds. The summed E-state index contributed by atoms with van der Waals surface area (Å²) in [5.74, 6) is -2.22. The van der Waals surface area contributed by atoms with E-state index in [4.69, 9.17) is 10.2 Å². The number of rotatable bonds is 4. The van der Waals surface area contributed by atoms with Crippen molar-refractivity contribution in [3.8, 4) is 0 Å². The zero-order valence-electron chi connectivity index (χ0n) is 19.0. The van der Waals surface area contributed by atoms with Crippen LogP contribution in [0.25, 0.3) is 10.8 Å². The molecule has 1 saturated heterocycles. The van der Waals surface area contributed by atoms with Crippen molar-refractivity contribution in [3.05, 3.63) is 71.0 Å². The molecule has 0 saturated carbocycles. The molecule has 2 aromatic carbocycles. The highest BCUT2D eigenvalue weighted by Gasteiger charge is 2.27. The van der Waals surface area contributed by atoms with Crippen LogP contribution in [0.4, 0.5) is 0 Å². The zero-order valence-corrected chi connectivity index (χ0v) is 19.8. The van der Waals surface area contributed by atoms with Crippen LogP contribution in [0.5, 0.6) is 0 Å². The average molecular weight is 486 g/mol. The number of carbonyl (C=O) groups is 2. The van der Waals surface area contributed by atoms with E-state index in [2.05, 4.69) is 10.3 Å². The summed E-state index contributed by atoms with van der Waals surface area (Å²) in [7, 11) is -3.47. The highest BCUT2D eigenvalue weighted by molar-refractivity contribution is 7.89. The quantitative estimate of drug-likeness (QED) is 0.513. The van der Waals surface area contributed by atoms with Crippen LogP contribution < -0.4 is 5.32 Å². The molecule has 0 atom stereocenters. The maximum atomic E-state index is 13.0. The number of hydrogen-bond donors (Lipinski definition) is 3. The normalized spacial score (nSPS) is 14.6. The summed E-state index contributed by atoms with van der Waals surface area (Å²) in [5, 5.41) is 22.2. The first-order chi connectivity index (χ1) is 16.1. The third kappa shape index (κ3) is 5.41. The Hall–Kier alpha value is -3.34. The van der Waals surface area contributed by atoms with Crippen LogP contribution >= 0.6 is 0 Å². The van der Waals surface area contributed by atoms with Gasteiger partial charge >= 0.3 is 11.9 Å². The minimum atomic E-state index is -3.47. The van der Waals surface area contributed by atoms with E-state index in [1.54, 1.807) is 28.8 Å². The number of fused-ring (bicyclic) bond motifs is 1. The number of hydrogen-bond acceptors (Lipinski definition) is 6. The highest BCUT2D eigenvalue weighted by Crippen LogP contribution is 2.28. The van der Waals surface area contributed by atoms with E-state index in [1.807, 2.05) is 13.0 Å². The average Bonchev–Trinajstić information content (AvgIpc) is 3.09. The molecule has 1 aromatic heterocycles. The topological polar surface area (TPSA) is 137 Å². The number of nitrogens with one attached hydrogen (secondary N) is 1. The van der Waals surface area contributed by atoms with Crippen LogP contribution in [-0.2, 0) is 10.0 Å². The molecule has 0 bridgehead atoms. The SMILES string of the molecule is Cc1c(C(=O)O)cccc1C(=O)O.Cc1cncc2cccc(S(=O)(=O)N3CCCNCC3)c12. The fourth-order valence-electron chi connectivity index (χ4n) is 3.89. The summed E-state index contributed by atoms with van der Waals surface area (Å²) in [5.41, 5.74) is 1.22. The monoisotopic (exact) mass is 485 g/mol. The van der Waals surface area contributed by atoms with Gasteiger partial charge in [0.15, 0.2) is 0 Å².